The summed E-state index contributed by atoms with van der Waals surface area (Å²) < 4.78 is 0. The van der Waals surface area contributed by atoms with E-state index in [1.54, 1.807) is 23.5 Å². The summed E-state index contributed by atoms with van der Waals surface area (Å²) in [5, 5.41) is 1.46. The van der Waals surface area contributed by atoms with E-state index in [9.17, 15) is 4.79 Å². The summed E-state index contributed by atoms with van der Waals surface area (Å²) >= 11 is 7.51. The second-order valence-electron chi connectivity index (χ2n) is 4.31. The molecular formula is C14H14ClNOS. The highest BCUT2D eigenvalue weighted by Gasteiger charge is 2.13. The fourth-order valence-electron chi connectivity index (χ4n) is 1.74. The molecule has 0 fully saturated rings. The molecule has 0 saturated heterocycles. The first-order chi connectivity index (χ1) is 8.47. The first-order valence-corrected chi connectivity index (χ1v) is 6.89. The van der Waals surface area contributed by atoms with Crippen molar-refractivity contribution >= 4 is 28.7 Å². The molecule has 2 aromatic rings. The summed E-state index contributed by atoms with van der Waals surface area (Å²) in [6, 6.07) is 5.39. The molecule has 0 unspecified atom stereocenters. The zero-order valence-corrected chi connectivity index (χ0v) is 12.2. The van der Waals surface area contributed by atoms with Gasteiger partial charge in [-0.05, 0) is 38.5 Å². The van der Waals surface area contributed by atoms with Crippen molar-refractivity contribution in [2.24, 2.45) is 0 Å². The van der Waals surface area contributed by atoms with Crippen molar-refractivity contribution in [3.8, 4) is 0 Å². The Hall–Kier alpha value is -1.19. The van der Waals surface area contributed by atoms with Crippen LogP contribution >= 0.6 is 22.9 Å². The van der Waals surface area contributed by atoms with Gasteiger partial charge < -0.3 is 0 Å². The lowest BCUT2D eigenvalue weighted by Crippen LogP contribution is -2.05. The minimum Gasteiger partial charge on any atom is -0.294 e. The average Bonchev–Trinajstić information content (AvgIpc) is 2.61. The van der Waals surface area contributed by atoms with Crippen LogP contribution in [-0.4, -0.2) is 10.8 Å². The fourth-order valence-corrected chi connectivity index (χ4v) is 2.85. The van der Waals surface area contributed by atoms with Crippen LogP contribution in [-0.2, 0) is 6.42 Å². The Morgan fingerprint density at radius 3 is 2.67 bits per heavy atom. The number of benzene rings is 1. The largest absolute Gasteiger partial charge is 0.294 e. The molecule has 2 rings (SSSR count). The molecule has 0 atom stereocenters. The molecule has 1 aromatic carbocycles. The SMILES string of the molecule is Cc1ccc(Cl)cc1C(=O)Cc1nc(C)c(C)s1. The van der Waals surface area contributed by atoms with Gasteiger partial charge in [-0.3, -0.25) is 4.79 Å². The molecule has 94 valence electrons. The van der Waals surface area contributed by atoms with Gasteiger partial charge in [-0.15, -0.1) is 11.3 Å². The van der Waals surface area contributed by atoms with Gasteiger partial charge in [0.25, 0.3) is 0 Å². The predicted molar refractivity (Wildman–Crippen MR) is 75.8 cm³/mol. The average molecular weight is 280 g/mol. The van der Waals surface area contributed by atoms with Crippen LogP contribution < -0.4 is 0 Å². The molecule has 1 aromatic heterocycles. The van der Waals surface area contributed by atoms with E-state index in [4.69, 9.17) is 11.6 Å². The lowest BCUT2D eigenvalue weighted by atomic mass is 10.0. The molecule has 18 heavy (non-hydrogen) atoms. The van der Waals surface area contributed by atoms with Crippen molar-refractivity contribution in [1.82, 2.24) is 4.98 Å². The Kier molecular flexibility index (Phi) is 3.83. The summed E-state index contributed by atoms with van der Waals surface area (Å²) in [6.07, 6.45) is 0.348. The molecule has 0 saturated carbocycles. The molecule has 0 bridgehead atoms. The summed E-state index contributed by atoms with van der Waals surface area (Å²) in [6.45, 7) is 5.90. The van der Waals surface area contributed by atoms with E-state index in [-0.39, 0.29) is 5.78 Å². The maximum atomic E-state index is 12.2. The number of carbonyl (C=O) groups excluding carboxylic acids is 1. The van der Waals surface area contributed by atoms with Gasteiger partial charge in [-0.25, -0.2) is 4.98 Å². The monoisotopic (exact) mass is 279 g/mol. The van der Waals surface area contributed by atoms with E-state index < -0.39 is 0 Å². The van der Waals surface area contributed by atoms with Crippen LogP contribution in [0, 0.1) is 20.8 Å². The van der Waals surface area contributed by atoms with Crippen LogP contribution in [0.25, 0.3) is 0 Å². The highest BCUT2D eigenvalue weighted by atomic mass is 35.5. The number of rotatable bonds is 3. The zero-order valence-electron chi connectivity index (χ0n) is 10.6. The first-order valence-electron chi connectivity index (χ1n) is 5.69. The third-order valence-electron chi connectivity index (χ3n) is 2.88. The van der Waals surface area contributed by atoms with E-state index in [0.717, 1.165) is 16.3 Å². The molecule has 2 nitrogen and oxygen atoms in total. The van der Waals surface area contributed by atoms with Crippen molar-refractivity contribution < 1.29 is 4.79 Å². The summed E-state index contributed by atoms with van der Waals surface area (Å²) in [5.41, 5.74) is 2.65. The van der Waals surface area contributed by atoms with Crippen molar-refractivity contribution in [3.05, 3.63) is 49.9 Å². The molecule has 0 N–H and O–H groups in total. The molecule has 1 heterocycles. The van der Waals surface area contributed by atoms with Crippen molar-refractivity contribution in [2.45, 2.75) is 27.2 Å². The Labute approximate surface area is 116 Å². The summed E-state index contributed by atoms with van der Waals surface area (Å²) in [4.78, 5) is 17.8. The van der Waals surface area contributed by atoms with Crippen molar-refractivity contribution in [2.75, 3.05) is 0 Å². The second kappa shape index (κ2) is 5.21. The number of Topliss-reactive ketones (excluding diaryl/α,β-unsaturated/α-hetero) is 1. The standard InChI is InChI=1S/C14H14ClNOS/c1-8-4-5-11(15)6-12(8)13(17)7-14-16-9(2)10(3)18-14/h4-6H,7H2,1-3H3. The van der Waals surface area contributed by atoms with E-state index >= 15 is 0 Å². The number of aryl methyl sites for hydroxylation is 3. The normalized spacial score (nSPS) is 10.7. The topological polar surface area (TPSA) is 30.0 Å². The summed E-state index contributed by atoms with van der Waals surface area (Å²) in [7, 11) is 0. The van der Waals surface area contributed by atoms with Gasteiger partial charge in [0.15, 0.2) is 5.78 Å². The number of hydrogen-bond acceptors (Lipinski definition) is 3. The number of hydrogen-bond donors (Lipinski definition) is 0. The maximum absolute atomic E-state index is 12.2. The number of thiazole rings is 1. The van der Waals surface area contributed by atoms with E-state index in [1.807, 2.05) is 26.8 Å². The number of ketones is 1. The van der Waals surface area contributed by atoms with Gasteiger partial charge in [-0.2, -0.15) is 0 Å². The van der Waals surface area contributed by atoms with E-state index in [2.05, 4.69) is 4.98 Å². The van der Waals surface area contributed by atoms with Gasteiger partial charge in [0.1, 0.15) is 5.01 Å². The van der Waals surface area contributed by atoms with E-state index in [0.29, 0.717) is 17.0 Å². The van der Waals surface area contributed by atoms with Gasteiger partial charge in [0.05, 0.1) is 12.1 Å². The highest BCUT2D eigenvalue weighted by molar-refractivity contribution is 7.11. The predicted octanol–water partition coefficient (Wildman–Crippen LogP) is 4.15. The smallest absolute Gasteiger partial charge is 0.169 e. The van der Waals surface area contributed by atoms with Gasteiger partial charge in [0, 0.05) is 15.5 Å². The van der Waals surface area contributed by atoms with Gasteiger partial charge >= 0.3 is 0 Å². The molecule has 0 radical (unpaired) electrons. The van der Waals surface area contributed by atoms with Crippen LogP contribution in [0.4, 0.5) is 0 Å². The minimum atomic E-state index is 0.0729. The van der Waals surface area contributed by atoms with Crippen LogP contribution in [0.15, 0.2) is 18.2 Å². The van der Waals surface area contributed by atoms with Crippen LogP contribution in [0.1, 0.15) is 31.5 Å². The Morgan fingerprint density at radius 2 is 2.06 bits per heavy atom. The van der Waals surface area contributed by atoms with Gasteiger partial charge in [0.2, 0.25) is 0 Å². The number of nitrogens with zero attached hydrogens (tertiary/aromatic N) is 1. The van der Waals surface area contributed by atoms with Crippen LogP contribution in [0.5, 0.6) is 0 Å². The zero-order chi connectivity index (χ0) is 13.3. The molecule has 4 heteroatoms. The van der Waals surface area contributed by atoms with Gasteiger partial charge in [-0.1, -0.05) is 17.7 Å². The molecule has 0 aliphatic carbocycles. The molecule has 0 amide bonds. The third kappa shape index (κ3) is 2.79. The lowest BCUT2D eigenvalue weighted by molar-refractivity contribution is 0.0992. The fraction of sp³-hybridized carbons (Fsp3) is 0.286. The number of carbonyl (C=O) groups is 1. The Balaban J connectivity index is 2.24. The van der Waals surface area contributed by atoms with Crippen molar-refractivity contribution in [3.63, 3.8) is 0 Å². The number of halogens is 1. The highest BCUT2D eigenvalue weighted by Crippen LogP contribution is 2.21. The second-order valence-corrected chi connectivity index (χ2v) is 6.03. The molecule has 0 aliphatic heterocycles. The van der Waals surface area contributed by atoms with Crippen LogP contribution in [0.3, 0.4) is 0 Å². The number of aromatic nitrogens is 1. The third-order valence-corrected chi connectivity index (χ3v) is 4.19. The Morgan fingerprint density at radius 1 is 1.33 bits per heavy atom. The van der Waals surface area contributed by atoms with Crippen molar-refractivity contribution in [1.29, 1.82) is 0 Å². The molecule has 0 aliphatic rings. The van der Waals surface area contributed by atoms with Crippen LogP contribution in [0.2, 0.25) is 5.02 Å². The van der Waals surface area contributed by atoms with E-state index in [1.165, 1.54) is 4.88 Å². The molecule has 0 spiro atoms. The molecular weight excluding hydrogens is 266 g/mol. The minimum absolute atomic E-state index is 0.0729. The maximum Gasteiger partial charge on any atom is 0.169 e. The quantitative estimate of drug-likeness (QED) is 0.790. The lowest BCUT2D eigenvalue weighted by Gasteiger charge is -2.04. The summed E-state index contributed by atoms with van der Waals surface area (Å²) in [5.74, 6) is 0.0729. The first kappa shape index (κ1) is 13.2. The Bertz CT molecular complexity index is 584.